The molecule has 1 rings (SSSR count). The van der Waals surface area contributed by atoms with Gasteiger partial charge in [-0.05, 0) is 64.2 Å². The zero-order valence-electron chi connectivity index (χ0n) is 43.1. The van der Waals surface area contributed by atoms with Crippen molar-refractivity contribution in [2.24, 2.45) is 0 Å². The van der Waals surface area contributed by atoms with Gasteiger partial charge in [0.05, 0.1) is 25.4 Å². The van der Waals surface area contributed by atoms with Gasteiger partial charge in [-0.1, -0.05) is 221 Å². The number of aliphatic hydroxyl groups excluding tert-OH is 5. The molecule has 0 bridgehead atoms. The van der Waals surface area contributed by atoms with Crippen molar-refractivity contribution < 1.29 is 49.3 Å². The van der Waals surface area contributed by atoms with E-state index in [1.807, 2.05) is 66.8 Å². The monoisotopic (exact) mass is 968 g/mol. The van der Waals surface area contributed by atoms with Gasteiger partial charge >= 0.3 is 5.97 Å². The number of unbranched alkanes of at least 4 members (excludes halogenated alkanes) is 20. The van der Waals surface area contributed by atoms with Crippen molar-refractivity contribution >= 4 is 11.9 Å². The molecule has 1 aliphatic rings. The maximum Gasteiger partial charge on any atom is 0.306 e. The molecule has 1 heterocycles. The minimum atomic E-state index is -1.64. The summed E-state index contributed by atoms with van der Waals surface area (Å²) in [6, 6.07) is -1.04. The van der Waals surface area contributed by atoms with Crippen LogP contribution in [0, 0.1) is 0 Å². The molecule has 1 fully saturated rings. The van der Waals surface area contributed by atoms with Crippen molar-refractivity contribution in [1.82, 2.24) is 5.32 Å². The molecule has 1 amide bonds. The Balaban J connectivity index is 2.80. The van der Waals surface area contributed by atoms with Crippen molar-refractivity contribution in [1.29, 1.82) is 0 Å². The van der Waals surface area contributed by atoms with Crippen LogP contribution >= 0.6 is 0 Å². The van der Waals surface area contributed by atoms with E-state index in [2.05, 4.69) is 50.4 Å². The van der Waals surface area contributed by atoms with Crippen molar-refractivity contribution in [3.05, 3.63) is 97.2 Å². The summed E-state index contributed by atoms with van der Waals surface area (Å²) in [5.41, 5.74) is 0. The van der Waals surface area contributed by atoms with Gasteiger partial charge in [0.25, 0.3) is 0 Å². The third-order valence-electron chi connectivity index (χ3n) is 12.1. The first kappa shape index (κ1) is 63.6. The second kappa shape index (κ2) is 45.7. The van der Waals surface area contributed by atoms with Gasteiger partial charge in [0.1, 0.15) is 24.4 Å². The Hall–Kier alpha value is -3.42. The fourth-order valence-corrected chi connectivity index (χ4v) is 7.78. The second-order valence-electron chi connectivity index (χ2n) is 18.4. The largest absolute Gasteiger partial charge is 0.454 e. The zero-order chi connectivity index (χ0) is 50.4. The third-order valence-corrected chi connectivity index (χ3v) is 12.1. The molecule has 8 unspecified atom stereocenters. The van der Waals surface area contributed by atoms with E-state index in [4.69, 9.17) is 14.2 Å². The van der Waals surface area contributed by atoms with Gasteiger partial charge in [-0.2, -0.15) is 0 Å². The SMILES string of the molecule is CC\C=C/C=C/C=C/C=C\C=C\C=C\CCCCCC(=O)OC1C(OCC(NC(=O)C(O)CCCCCC/C=C\CCCC)C(O)/C=C/CCCCCCCCCCCCC)OC(CO)C(O)C1O. The predicted molar refractivity (Wildman–Crippen MR) is 282 cm³/mol. The van der Waals surface area contributed by atoms with Gasteiger partial charge in [0.15, 0.2) is 12.4 Å². The van der Waals surface area contributed by atoms with Gasteiger partial charge in [0, 0.05) is 6.42 Å². The molecule has 11 heteroatoms. The highest BCUT2D eigenvalue weighted by Crippen LogP contribution is 2.26. The number of hydrogen-bond acceptors (Lipinski definition) is 10. The van der Waals surface area contributed by atoms with Crippen molar-refractivity contribution in [3.8, 4) is 0 Å². The number of carbonyl (C=O) groups is 2. The molecule has 0 saturated carbocycles. The maximum atomic E-state index is 13.3. The summed E-state index contributed by atoms with van der Waals surface area (Å²) in [6.07, 6.45) is 48.8. The van der Waals surface area contributed by atoms with E-state index in [-0.39, 0.29) is 19.4 Å². The van der Waals surface area contributed by atoms with E-state index < -0.39 is 67.4 Å². The Morgan fingerprint density at radius 1 is 0.580 bits per heavy atom. The van der Waals surface area contributed by atoms with Crippen LogP contribution in [-0.4, -0.2) is 99.6 Å². The Bertz CT molecular complexity index is 1480. The topological polar surface area (TPSA) is 175 Å². The molecule has 0 aromatic rings. The molecule has 0 aromatic carbocycles. The molecule has 8 atom stereocenters. The Morgan fingerprint density at radius 2 is 1.07 bits per heavy atom. The van der Waals surface area contributed by atoms with Crippen LogP contribution in [0.4, 0.5) is 0 Å². The summed E-state index contributed by atoms with van der Waals surface area (Å²) >= 11 is 0. The number of aliphatic hydroxyl groups is 5. The van der Waals surface area contributed by atoms with Crippen LogP contribution in [-0.2, 0) is 23.8 Å². The van der Waals surface area contributed by atoms with Crippen LogP contribution in [0.1, 0.15) is 194 Å². The van der Waals surface area contributed by atoms with Gasteiger partial charge in [-0.15, -0.1) is 0 Å². The average molecular weight is 968 g/mol. The summed E-state index contributed by atoms with van der Waals surface area (Å²) < 4.78 is 17.5. The maximum absolute atomic E-state index is 13.3. The number of hydrogen-bond donors (Lipinski definition) is 6. The zero-order valence-corrected chi connectivity index (χ0v) is 43.1. The Morgan fingerprint density at radius 3 is 1.65 bits per heavy atom. The lowest BCUT2D eigenvalue weighted by atomic mass is 9.99. The van der Waals surface area contributed by atoms with E-state index in [1.165, 1.54) is 64.2 Å². The average Bonchev–Trinajstić information content (AvgIpc) is 3.34. The normalized spacial score (nSPS) is 20.6. The van der Waals surface area contributed by atoms with Crippen molar-refractivity contribution in [3.63, 3.8) is 0 Å². The second-order valence-corrected chi connectivity index (χ2v) is 18.4. The number of rotatable bonds is 43. The van der Waals surface area contributed by atoms with Gasteiger partial charge in [0.2, 0.25) is 5.91 Å². The van der Waals surface area contributed by atoms with E-state index >= 15 is 0 Å². The van der Waals surface area contributed by atoms with Crippen molar-refractivity contribution in [2.75, 3.05) is 13.2 Å². The fraction of sp³-hybridized carbons (Fsp3) is 0.690. The molecule has 1 aliphatic heterocycles. The van der Waals surface area contributed by atoms with E-state index in [0.29, 0.717) is 12.8 Å². The first-order valence-electron chi connectivity index (χ1n) is 27.1. The first-order chi connectivity index (χ1) is 33.7. The molecule has 394 valence electrons. The number of allylic oxidation sites excluding steroid dienone is 15. The van der Waals surface area contributed by atoms with Gasteiger partial charge in [-0.3, -0.25) is 9.59 Å². The van der Waals surface area contributed by atoms with Crippen LogP contribution in [0.2, 0.25) is 0 Å². The summed E-state index contributed by atoms with van der Waals surface area (Å²) in [6.45, 7) is 5.53. The summed E-state index contributed by atoms with van der Waals surface area (Å²) in [5, 5.41) is 56.6. The number of esters is 1. The van der Waals surface area contributed by atoms with E-state index in [9.17, 15) is 35.1 Å². The third kappa shape index (κ3) is 34.5. The van der Waals surface area contributed by atoms with Crippen LogP contribution in [0.5, 0.6) is 0 Å². The number of amides is 1. The number of nitrogens with one attached hydrogen (secondary N) is 1. The van der Waals surface area contributed by atoms with Crippen molar-refractivity contribution in [2.45, 2.75) is 243 Å². The minimum absolute atomic E-state index is 0.0662. The highest BCUT2D eigenvalue weighted by Gasteiger charge is 2.47. The quantitative estimate of drug-likeness (QED) is 0.0149. The molecule has 0 aliphatic carbocycles. The molecule has 0 spiro atoms. The molecule has 1 saturated heterocycles. The Kier molecular flexibility index (Phi) is 42.1. The molecule has 11 nitrogen and oxygen atoms in total. The lowest BCUT2D eigenvalue weighted by molar-refractivity contribution is -0.305. The van der Waals surface area contributed by atoms with Gasteiger partial charge in [-0.25, -0.2) is 0 Å². The molecule has 0 radical (unpaired) electrons. The van der Waals surface area contributed by atoms with Crippen LogP contribution in [0.25, 0.3) is 0 Å². The molecule has 0 aromatic heterocycles. The highest BCUT2D eigenvalue weighted by molar-refractivity contribution is 5.80. The standard InChI is InChI=1S/C58H97NO10/c1-4-7-10-13-16-19-22-24-25-26-27-29-31-34-37-40-43-46-53(63)69-56-55(65)54(64)52(47-60)68-58(56)67-48-49(50(61)44-41-38-35-33-30-28-23-20-17-14-11-8-5-2)59-57(66)51(62)45-42-39-36-32-21-18-15-12-9-6-3/h7,10,13,15-16,18-19,22,24-27,29,31,41,44,49-52,54-56,58,60-62,64-65H,4-6,8-9,11-12,14,17,20-21,23,28,30,32-40,42-43,45-48H2,1-3H3,(H,59,66)/b10-7-,16-13+,18-15-,22-19+,25-24-,27-26+,31-29+,44-41+. The van der Waals surface area contributed by atoms with Gasteiger partial charge < -0.3 is 45.1 Å². The smallest absolute Gasteiger partial charge is 0.306 e. The molecule has 69 heavy (non-hydrogen) atoms. The van der Waals surface area contributed by atoms with E-state index in [0.717, 1.165) is 83.5 Å². The van der Waals surface area contributed by atoms with Crippen LogP contribution in [0.3, 0.4) is 0 Å². The highest BCUT2D eigenvalue weighted by atomic mass is 16.7. The lowest BCUT2D eigenvalue weighted by Gasteiger charge is -2.41. The Labute approximate surface area is 418 Å². The molecular formula is C58H97NO10. The summed E-state index contributed by atoms with van der Waals surface area (Å²) in [5.74, 6) is -1.26. The summed E-state index contributed by atoms with van der Waals surface area (Å²) in [7, 11) is 0. The fourth-order valence-electron chi connectivity index (χ4n) is 7.78. The molecule has 6 N–H and O–H groups in total. The van der Waals surface area contributed by atoms with E-state index in [1.54, 1.807) is 6.08 Å². The summed E-state index contributed by atoms with van der Waals surface area (Å²) in [4.78, 5) is 26.4. The van der Waals surface area contributed by atoms with Crippen LogP contribution < -0.4 is 5.32 Å². The first-order valence-corrected chi connectivity index (χ1v) is 27.1. The van der Waals surface area contributed by atoms with Crippen LogP contribution in [0.15, 0.2) is 97.2 Å². The predicted octanol–water partition coefficient (Wildman–Crippen LogP) is 11.6. The number of ether oxygens (including phenoxy) is 3. The number of carbonyl (C=O) groups excluding carboxylic acids is 2. The minimum Gasteiger partial charge on any atom is -0.454 e. The molecular weight excluding hydrogens is 871 g/mol. The lowest BCUT2D eigenvalue weighted by Crippen LogP contribution is -2.61.